The van der Waals surface area contributed by atoms with E-state index in [0.717, 1.165) is 4.90 Å². The van der Waals surface area contributed by atoms with Crippen LogP contribution in [0, 0.1) is 23.3 Å². The lowest BCUT2D eigenvalue weighted by Gasteiger charge is -2.25. The molecular formula is C16H18F4N2O3. The van der Waals surface area contributed by atoms with E-state index in [1.54, 1.807) is 11.9 Å². The lowest BCUT2D eigenvalue weighted by Crippen LogP contribution is -2.37. The number of carboxylic acids is 1. The Morgan fingerprint density at radius 3 is 2.32 bits per heavy atom. The van der Waals surface area contributed by atoms with Crippen LogP contribution in [0.25, 0.3) is 0 Å². The molecule has 0 spiro atoms. The molecule has 1 saturated heterocycles. The molecule has 1 aliphatic heterocycles. The van der Waals surface area contributed by atoms with Gasteiger partial charge in [0, 0.05) is 25.2 Å². The third kappa shape index (κ3) is 4.28. The van der Waals surface area contributed by atoms with E-state index >= 15 is 0 Å². The number of likely N-dealkylation sites (tertiary alicyclic amines) is 1. The molecule has 0 saturated carbocycles. The van der Waals surface area contributed by atoms with Crippen molar-refractivity contribution in [1.82, 2.24) is 9.80 Å². The van der Waals surface area contributed by atoms with Crippen molar-refractivity contribution in [2.24, 2.45) is 0 Å². The summed E-state index contributed by atoms with van der Waals surface area (Å²) in [5.74, 6) is -8.79. The van der Waals surface area contributed by atoms with Crippen LogP contribution in [0.3, 0.4) is 0 Å². The van der Waals surface area contributed by atoms with Gasteiger partial charge in [0.15, 0.2) is 23.3 Å². The second-order valence-electron chi connectivity index (χ2n) is 6.03. The van der Waals surface area contributed by atoms with Crippen molar-refractivity contribution in [3.63, 3.8) is 0 Å². The molecular weight excluding hydrogens is 344 g/mol. The third-order valence-corrected chi connectivity index (χ3v) is 4.32. The Morgan fingerprint density at radius 1 is 1.16 bits per heavy atom. The highest BCUT2D eigenvalue weighted by Crippen LogP contribution is 2.23. The second kappa shape index (κ2) is 7.81. The molecule has 1 aliphatic rings. The molecule has 5 nitrogen and oxygen atoms in total. The van der Waals surface area contributed by atoms with Crippen molar-refractivity contribution in [3.8, 4) is 0 Å². The Hall–Kier alpha value is -2.16. The summed E-state index contributed by atoms with van der Waals surface area (Å²) in [6, 6.07) is -0.0614. The number of halogens is 4. The highest BCUT2D eigenvalue weighted by Gasteiger charge is 2.30. The van der Waals surface area contributed by atoms with E-state index in [1.165, 1.54) is 0 Å². The molecule has 2 rings (SSSR count). The number of rotatable bonds is 4. The van der Waals surface area contributed by atoms with Crippen LogP contribution in [-0.2, 0) is 4.79 Å². The van der Waals surface area contributed by atoms with Crippen LogP contribution in [0.4, 0.5) is 17.6 Å². The van der Waals surface area contributed by atoms with Crippen molar-refractivity contribution in [1.29, 1.82) is 0 Å². The summed E-state index contributed by atoms with van der Waals surface area (Å²) in [6.07, 6.45) is 1.45. The van der Waals surface area contributed by atoms with Gasteiger partial charge in [0.25, 0.3) is 5.91 Å². The SMILES string of the molecule is CN(CC(=O)O)C1CCCN(C(=O)c2c(F)c(F)cc(F)c2F)CC1. The van der Waals surface area contributed by atoms with Crippen molar-refractivity contribution in [3.05, 3.63) is 34.9 Å². The maximum atomic E-state index is 13.8. The molecule has 0 bridgehead atoms. The number of carboxylic acid groups (broad SMARTS) is 1. The minimum absolute atomic E-state index is 0.0563. The zero-order chi connectivity index (χ0) is 18.7. The lowest BCUT2D eigenvalue weighted by molar-refractivity contribution is -0.138. The van der Waals surface area contributed by atoms with Gasteiger partial charge in [0.2, 0.25) is 0 Å². The number of benzene rings is 1. The summed E-state index contributed by atoms with van der Waals surface area (Å²) in [7, 11) is 1.64. The van der Waals surface area contributed by atoms with Gasteiger partial charge in [-0.05, 0) is 26.3 Å². The average Bonchev–Trinajstić information content (AvgIpc) is 2.78. The Kier molecular flexibility index (Phi) is 5.99. The van der Waals surface area contributed by atoms with Gasteiger partial charge in [-0.15, -0.1) is 0 Å². The van der Waals surface area contributed by atoms with E-state index < -0.39 is 40.7 Å². The van der Waals surface area contributed by atoms with Gasteiger partial charge in [0.1, 0.15) is 5.56 Å². The van der Waals surface area contributed by atoms with Gasteiger partial charge in [-0.3, -0.25) is 14.5 Å². The van der Waals surface area contributed by atoms with Gasteiger partial charge >= 0.3 is 5.97 Å². The van der Waals surface area contributed by atoms with Crippen molar-refractivity contribution in [2.75, 3.05) is 26.7 Å². The monoisotopic (exact) mass is 362 g/mol. The van der Waals surface area contributed by atoms with Crippen LogP contribution in [0.1, 0.15) is 29.6 Å². The Balaban J connectivity index is 2.16. The lowest BCUT2D eigenvalue weighted by atomic mass is 10.1. The quantitative estimate of drug-likeness (QED) is 0.659. The summed E-state index contributed by atoms with van der Waals surface area (Å²) in [6.45, 7) is 0.0920. The first kappa shape index (κ1) is 19.2. The fraction of sp³-hybridized carbons (Fsp3) is 0.500. The molecule has 1 unspecified atom stereocenters. The highest BCUT2D eigenvalue weighted by atomic mass is 19.2. The van der Waals surface area contributed by atoms with E-state index in [9.17, 15) is 27.2 Å². The van der Waals surface area contributed by atoms with E-state index in [4.69, 9.17) is 5.11 Å². The van der Waals surface area contributed by atoms with E-state index in [2.05, 4.69) is 0 Å². The fourth-order valence-electron chi connectivity index (χ4n) is 2.98. The van der Waals surface area contributed by atoms with Gasteiger partial charge in [-0.25, -0.2) is 17.6 Å². The number of likely N-dealkylation sites (N-methyl/N-ethyl adjacent to an activating group) is 1. The highest BCUT2D eigenvalue weighted by molar-refractivity contribution is 5.94. The zero-order valence-electron chi connectivity index (χ0n) is 13.6. The minimum atomic E-state index is -1.72. The van der Waals surface area contributed by atoms with Crippen LogP contribution < -0.4 is 0 Å². The summed E-state index contributed by atoms with van der Waals surface area (Å²) in [5.41, 5.74) is -1.24. The van der Waals surface area contributed by atoms with E-state index in [-0.39, 0.29) is 31.7 Å². The predicted octanol–water partition coefficient (Wildman–Crippen LogP) is 2.25. The standard InChI is InChI=1S/C16H18F4N2O3/c1-21(8-12(23)24)9-3-2-5-22(6-4-9)16(25)13-14(19)10(17)7-11(18)15(13)20/h7,9H,2-6,8H2,1H3,(H,23,24). The maximum Gasteiger partial charge on any atom is 0.317 e. The normalized spacial score (nSPS) is 18.3. The van der Waals surface area contributed by atoms with Crippen LogP contribution in [0.5, 0.6) is 0 Å². The molecule has 0 aromatic heterocycles. The van der Waals surface area contributed by atoms with Crippen LogP contribution in [0.2, 0.25) is 0 Å². The zero-order valence-corrected chi connectivity index (χ0v) is 13.6. The Morgan fingerprint density at radius 2 is 1.76 bits per heavy atom. The summed E-state index contributed by atoms with van der Waals surface area (Å²) in [4.78, 5) is 25.9. The second-order valence-corrected chi connectivity index (χ2v) is 6.03. The first-order valence-corrected chi connectivity index (χ1v) is 7.76. The first-order chi connectivity index (χ1) is 11.7. The number of carbonyl (C=O) groups excluding carboxylic acids is 1. The Labute approximate surface area is 141 Å². The van der Waals surface area contributed by atoms with Crippen molar-refractivity contribution < 1.29 is 32.3 Å². The van der Waals surface area contributed by atoms with E-state index in [0.29, 0.717) is 19.3 Å². The van der Waals surface area contributed by atoms with Gasteiger partial charge in [-0.2, -0.15) is 0 Å². The van der Waals surface area contributed by atoms with Crippen LogP contribution in [-0.4, -0.2) is 59.5 Å². The molecule has 1 aromatic rings. The molecule has 1 aromatic carbocycles. The molecule has 1 atom stereocenters. The number of nitrogens with zero attached hydrogens (tertiary/aromatic N) is 2. The summed E-state index contributed by atoms with van der Waals surface area (Å²) in [5, 5.41) is 8.83. The predicted molar refractivity (Wildman–Crippen MR) is 80.1 cm³/mol. The summed E-state index contributed by atoms with van der Waals surface area (Å²) >= 11 is 0. The molecule has 0 aliphatic carbocycles. The number of amides is 1. The first-order valence-electron chi connectivity index (χ1n) is 7.76. The van der Waals surface area contributed by atoms with Crippen molar-refractivity contribution >= 4 is 11.9 Å². The smallest absolute Gasteiger partial charge is 0.317 e. The molecule has 0 radical (unpaired) electrons. The molecule has 1 N–H and O–H groups in total. The molecule has 1 amide bonds. The average molecular weight is 362 g/mol. The molecule has 138 valence electrons. The number of hydrogen-bond donors (Lipinski definition) is 1. The van der Waals surface area contributed by atoms with Crippen molar-refractivity contribution in [2.45, 2.75) is 25.3 Å². The Bertz CT molecular complexity index is 658. The van der Waals surface area contributed by atoms with Crippen LogP contribution in [0.15, 0.2) is 6.07 Å². The van der Waals surface area contributed by atoms with Crippen LogP contribution >= 0.6 is 0 Å². The summed E-state index contributed by atoms with van der Waals surface area (Å²) < 4.78 is 54.2. The largest absolute Gasteiger partial charge is 0.480 e. The molecule has 1 fully saturated rings. The van der Waals surface area contributed by atoms with Gasteiger partial charge in [-0.1, -0.05) is 0 Å². The number of aliphatic carboxylic acids is 1. The fourth-order valence-corrected chi connectivity index (χ4v) is 2.98. The van der Waals surface area contributed by atoms with Gasteiger partial charge < -0.3 is 10.0 Å². The topological polar surface area (TPSA) is 60.9 Å². The number of hydrogen-bond acceptors (Lipinski definition) is 3. The minimum Gasteiger partial charge on any atom is -0.480 e. The van der Waals surface area contributed by atoms with Gasteiger partial charge in [0.05, 0.1) is 6.54 Å². The number of carbonyl (C=O) groups is 2. The molecule has 25 heavy (non-hydrogen) atoms. The molecule has 9 heteroatoms. The van der Waals surface area contributed by atoms with E-state index in [1.807, 2.05) is 0 Å². The maximum absolute atomic E-state index is 13.8. The molecule has 1 heterocycles. The third-order valence-electron chi connectivity index (χ3n) is 4.32.